The van der Waals surface area contributed by atoms with Gasteiger partial charge in [0.1, 0.15) is 0 Å². The quantitative estimate of drug-likeness (QED) is 0.798. The maximum absolute atomic E-state index is 11.0. The minimum atomic E-state index is -0.850. The fourth-order valence-electron chi connectivity index (χ4n) is 1.92. The van der Waals surface area contributed by atoms with Gasteiger partial charge in [-0.15, -0.1) is 0 Å². The van der Waals surface area contributed by atoms with Crippen LogP contribution < -0.4 is 5.32 Å². The number of carboxylic acid groups (broad SMARTS) is 1. The largest absolute Gasteiger partial charge is 0.478 e. The van der Waals surface area contributed by atoms with Crippen LogP contribution in [0.25, 0.3) is 0 Å². The van der Waals surface area contributed by atoms with Crippen molar-refractivity contribution in [1.82, 2.24) is 5.32 Å². The van der Waals surface area contributed by atoms with Crippen LogP contribution in [-0.2, 0) is 6.54 Å². The van der Waals surface area contributed by atoms with Gasteiger partial charge in [0, 0.05) is 12.6 Å². The molecule has 1 fully saturated rings. The summed E-state index contributed by atoms with van der Waals surface area (Å²) in [6.07, 6.45) is 2.60. The molecule has 16 heavy (non-hydrogen) atoms. The highest BCUT2D eigenvalue weighted by atomic mass is 16.4. The smallest absolute Gasteiger partial charge is 0.336 e. The van der Waals surface area contributed by atoms with Gasteiger partial charge in [0.2, 0.25) is 0 Å². The number of benzene rings is 1. The molecule has 1 aromatic rings. The molecule has 1 saturated carbocycles. The van der Waals surface area contributed by atoms with Gasteiger partial charge in [-0.05, 0) is 37.3 Å². The molecule has 0 radical (unpaired) electrons. The lowest BCUT2D eigenvalue weighted by atomic mass is 10.1. The summed E-state index contributed by atoms with van der Waals surface area (Å²) >= 11 is 0. The van der Waals surface area contributed by atoms with Crippen molar-refractivity contribution in [3.63, 3.8) is 0 Å². The van der Waals surface area contributed by atoms with Crippen LogP contribution in [0.1, 0.15) is 35.7 Å². The monoisotopic (exact) mass is 219 g/mol. The Morgan fingerprint density at radius 3 is 2.81 bits per heavy atom. The summed E-state index contributed by atoms with van der Waals surface area (Å²) in [7, 11) is 0. The second-order valence-corrected chi connectivity index (χ2v) is 4.47. The van der Waals surface area contributed by atoms with Gasteiger partial charge >= 0.3 is 5.97 Å². The Labute approximate surface area is 95.5 Å². The third-order valence-corrected chi connectivity index (χ3v) is 3.19. The first-order valence-corrected chi connectivity index (χ1v) is 5.73. The van der Waals surface area contributed by atoms with Crippen LogP contribution in [0.2, 0.25) is 0 Å². The lowest BCUT2D eigenvalue weighted by Crippen LogP contribution is -2.28. The average Bonchev–Trinajstić information content (AvgIpc) is 3.10. The number of hydrogen-bond donors (Lipinski definition) is 2. The van der Waals surface area contributed by atoms with Crippen molar-refractivity contribution in [2.45, 2.75) is 32.4 Å². The van der Waals surface area contributed by atoms with E-state index in [1.165, 1.54) is 12.8 Å². The topological polar surface area (TPSA) is 49.3 Å². The minimum absolute atomic E-state index is 0.401. The summed E-state index contributed by atoms with van der Waals surface area (Å²) in [4.78, 5) is 11.0. The molecule has 3 heteroatoms. The van der Waals surface area contributed by atoms with Crippen LogP contribution >= 0.6 is 0 Å². The molecule has 1 atom stereocenters. The third-order valence-electron chi connectivity index (χ3n) is 3.19. The molecular formula is C13H17NO2. The van der Waals surface area contributed by atoms with E-state index in [9.17, 15) is 4.79 Å². The van der Waals surface area contributed by atoms with Gasteiger partial charge in [0.05, 0.1) is 5.56 Å². The van der Waals surface area contributed by atoms with E-state index in [2.05, 4.69) is 12.2 Å². The normalized spacial score (nSPS) is 17.1. The van der Waals surface area contributed by atoms with Crippen molar-refractivity contribution in [3.8, 4) is 0 Å². The maximum atomic E-state index is 11.0. The Morgan fingerprint density at radius 2 is 2.19 bits per heavy atom. The minimum Gasteiger partial charge on any atom is -0.478 e. The van der Waals surface area contributed by atoms with Crippen LogP contribution in [0, 0.1) is 5.92 Å². The van der Waals surface area contributed by atoms with Gasteiger partial charge in [0.15, 0.2) is 0 Å². The van der Waals surface area contributed by atoms with Crippen LogP contribution in [0.5, 0.6) is 0 Å². The summed E-state index contributed by atoms with van der Waals surface area (Å²) in [6, 6.07) is 7.65. The molecule has 0 amide bonds. The van der Waals surface area contributed by atoms with Crippen molar-refractivity contribution < 1.29 is 9.90 Å². The molecule has 1 aliphatic carbocycles. The standard InChI is InChI=1S/C13H17NO2/c1-9(10-6-7-10)14-8-11-4-2-3-5-12(11)13(15)16/h2-5,9-10,14H,6-8H2,1H3,(H,15,16). The van der Waals surface area contributed by atoms with E-state index in [0.717, 1.165) is 11.5 Å². The fraction of sp³-hybridized carbons (Fsp3) is 0.462. The molecule has 2 N–H and O–H groups in total. The second kappa shape index (κ2) is 4.66. The van der Waals surface area contributed by atoms with Crippen LogP contribution in [0.4, 0.5) is 0 Å². The summed E-state index contributed by atoms with van der Waals surface area (Å²) in [5.41, 5.74) is 1.26. The van der Waals surface area contributed by atoms with Crippen LogP contribution in [0.3, 0.4) is 0 Å². The third kappa shape index (κ3) is 2.61. The molecule has 1 aliphatic rings. The van der Waals surface area contributed by atoms with Crippen molar-refractivity contribution in [2.24, 2.45) is 5.92 Å². The Morgan fingerprint density at radius 1 is 1.50 bits per heavy atom. The predicted octanol–water partition coefficient (Wildman–Crippen LogP) is 2.27. The van der Waals surface area contributed by atoms with Crippen molar-refractivity contribution in [2.75, 3.05) is 0 Å². The zero-order valence-electron chi connectivity index (χ0n) is 9.44. The lowest BCUT2D eigenvalue weighted by Gasteiger charge is -2.13. The fourth-order valence-corrected chi connectivity index (χ4v) is 1.92. The highest BCUT2D eigenvalue weighted by molar-refractivity contribution is 5.89. The summed E-state index contributed by atoms with van der Waals surface area (Å²) in [5, 5.41) is 12.4. The first kappa shape index (κ1) is 11.1. The van der Waals surface area contributed by atoms with Crippen molar-refractivity contribution >= 4 is 5.97 Å². The van der Waals surface area contributed by atoms with Gasteiger partial charge in [0.25, 0.3) is 0 Å². The average molecular weight is 219 g/mol. The molecule has 3 nitrogen and oxygen atoms in total. The molecule has 0 spiro atoms. The van der Waals surface area contributed by atoms with Crippen molar-refractivity contribution in [3.05, 3.63) is 35.4 Å². The molecule has 1 unspecified atom stereocenters. The Kier molecular flexibility index (Phi) is 3.25. The first-order chi connectivity index (χ1) is 7.68. The molecule has 0 aromatic heterocycles. The van der Waals surface area contributed by atoms with E-state index < -0.39 is 5.97 Å². The van der Waals surface area contributed by atoms with Gasteiger partial charge in [-0.2, -0.15) is 0 Å². The number of rotatable bonds is 5. The number of aromatic carboxylic acids is 1. The molecule has 0 aliphatic heterocycles. The van der Waals surface area contributed by atoms with E-state index >= 15 is 0 Å². The maximum Gasteiger partial charge on any atom is 0.336 e. The summed E-state index contributed by atoms with van der Waals surface area (Å²) < 4.78 is 0. The second-order valence-electron chi connectivity index (χ2n) is 4.47. The lowest BCUT2D eigenvalue weighted by molar-refractivity contribution is 0.0695. The molecular weight excluding hydrogens is 202 g/mol. The van der Waals surface area contributed by atoms with E-state index in [1.807, 2.05) is 12.1 Å². The predicted molar refractivity (Wildman–Crippen MR) is 62.4 cm³/mol. The van der Waals surface area contributed by atoms with Gasteiger partial charge in [-0.25, -0.2) is 4.79 Å². The van der Waals surface area contributed by atoms with E-state index in [0.29, 0.717) is 18.2 Å². The number of carbonyl (C=O) groups is 1. The molecule has 86 valence electrons. The van der Waals surface area contributed by atoms with Gasteiger partial charge < -0.3 is 10.4 Å². The van der Waals surface area contributed by atoms with E-state index in [1.54, 1.807) is 12.1 Å². The SMILES string of the molecule is CC(NCc1ccccc1C(=O)O)C1CC1. The Bertz CT molecular complexity index is 385. The zero-order chi connectivity index (χ0) is 11.5. The first-order valence-electron chi connectivity index (χ1n) is 5.73. The number of nitrogens with one attached hydrogen (secondary N) is 1. The number of hydrogen-bond acceptors (Lipinski definition) is 2. The van der Waals surface area contributed by atoms with Gasteiger partial charge in [-0.3, -0.25) is 0 Å². The zero-order valence-corrected chi connectivity index (χ0v) is 9.44. The molecule has 2 rings (SSSR count). The molecule has 0 heterocycles. The molecule has 0 bridgehead atoms. The van der Waals surface area contributed by atoms with Crippen LogP contribution in [-0.4, -0.2) is 17.1 Å². The van der Waals surface area contributed by atoms with Crippen molar-refractivity contribution in [1.29, 1.82) is 0 Å². The Balaban J connectivity index is 1.99. The molecule has 1 aromatic carbocycles. The highest BCUT2D eigenvalue weighted by Crippen LogP contribution is 2.32. The van der Waals surface area contributed by atoms with Gasteiger partial charge in [-0.1, -0.05) is 18.2 Å². The van der Waals surface area contributed by atoms with Crippen LogP contribution in [0.15, 0.2) is 24.3 Å². The summed E-state index contributed by atoms with van der Waals surface area (Å²) in [6.45, 7) is 2.81. The number of carboxylic acids is 1. The van der Waals surface area contributed by atoms with E-state index in [4.69, 9.17) is 5.11 Å². The molecule has 0 saturated heterocycles. The summed E-state index contributed by atoms with van der Waals surface area (Å²) in [5.74, 6) is -0.0616. The Hall–Kier alpha value is -1.35. The highest BCUT2D eigenvalue weighted by Gasteiger charge is 2.27. The van der Waals surface area contributed by atoms with E-state index in [-0.39, 0.29) is 0 Å².